The number of anilines is 1. The van der Waals surface area contributed by atoms with E-state index in [1.807, 2.05) is 32.0 Å². The summed E-state index contributed by atoms with van der Waals surface area (Å²) in [6.45, 7) is 3.80. The fourth-order valence-electron chi connectivity index (χ4n) is 2.01. The Morgan fingerprint density at radius 1 is 1.04 bits per heavy atom. The molecule has 5 heteroatoms. The molecule has 0 bridgehead atoms. The fourth-order valence-corrected chi connectivity index (χ4v) is 2.21. The van der Waals surface area contributed by atoms with Crippen LogP contribution in [0.1, 0.15) is 29.8 Å². The van der Waals surface area contributed by atoms with E-state index in [2.05, 4.69) is 10.6 Å². The van der Waals surface area contributed by atoms with Crippen molar-refractivity contribution in [2.45, 2.75) is 19.9 Å². The molecule has 0 aliphatic rings. The summed E-state index contributed by atoms with van der Waals surface area (Å²) in [6, 6.07) is 14.1. The highest BCUT2D eigenvalue weighted by molar-refractivity contribution is 6.32. The highest BCUT2D eigenvalue weighted by Crippen LogP contribution is 2.16. The number of rotatable bonds is 5. The van der Waals surface area contributed by atoms with E-state index in [0.29, 0.717) is 16.3 Å². The molecule has 2 N–H and O–H groups in total. The van der Waals surface area contributed by atoms with Crippen molar-refractivity contribution in [2.75, 3.05) is 5.32 Å². The molecular formula is C19H19ClN2O2. The zero-order valence-corrected chi connectivity index (χ0v) is 14.3. The summed E-state index contributed by atoms with van der Waals surface area (Å²) in [5.74, 6) is -0.407. The summed E-state index contributed by atoms with van der Waals surface area (Å²) in [4.78, 5) is 23.8. The average molecular weight is 343 g/mol. The smallest absolute Gasteiger partial charge is 0.251 e. The largest absolute Gasteiger partial charge is 0.350 e. The first-order chi connectivity index (χ1) is 11.5. The van der Waals surface area contributed by atoms with Gasteiger partial charge in [0.25, 0.3) is 5.91 Å². The number of hydrogen-bond acceptors (Lipinski definition) is 2. The summed E-state index contributed by atoms with van der Waals surface area (Å²) in [5, 5.41) is 6.14. The monoisotopic (exact) mass is 342 g/mol. The van der Waals surface area contributed by atoms with Gasteiger partial charge in [-0.2, -0.15) is 0 Å². The lowest BCUT2D eigenvalue weighted by Gasteiger charge is -2.09. The molecule has 0 saturated carbocycles. The predicted molar refractivity (Wildman–Crippen MR) is 98.2 cm³/mol. The van der Waals surface area contributed by atoms with Crippen molar-refractivity contribution < 1.29 is 9.59 Å². The van der Waals surface area contributed by atoms with E-state index >= 15 is 0 Å². The number of hydrogen-bond donors (Lipinski definition) is 2. The van der Waals surface area contributed by atoms with E-state index in [1.165, 1.54) is 6.08 Å². The molecule has 4 nitrogen and oxygen atoms in total. The van der Waals surface area contributed by atoms with Crippen LogP contribution in [0.25, 0.3) is 6.08 Å². The van der Waals surface area contributed by atoms with Gasteiger partial charge in [0, 0.05) is 28.4 Å². The second kappa shape index (κ2) is 8.31. The van der Waals surface area contributed by atoms with Crippen LogP contribution in [0, 0.1) is 0 Å². The third-order valence-corrected chi connectivity index (χ3v) is 3.50. The Morgan fingerprint density at radius 2 is 1.71 bits per heavy atom. The SMILES string of the molecule is CC(C)NC(=O)c1ccc(NC(=O)/C=C/c2ccccc2Cl)cc1. The standard InChI is InChI=1S/C19H19ClN2O2/c1-13(2)21-19(24)15-7-10-16(11-8-15)22-18(23)12-9-14-5-3-4-6-17(14)20/h3-13H,1-2H3,(H,21,24)(H,22,23)/b12-9+. The Balaban J connectivity index is 1.97. The van der Waals surface area contributed by atoms with Crippen LogP contribution >= 0.6 is 11.6 Å². The molecule has 0 aliphatic heterocycles. The van der Waals surface area contributed by atoms with Crippen LogP contribution < -0.4 is 10.6 Å². The lowest BCUT2D eigenvalue weighted by molar-refractivity contribution is -0.111. The van der Waals surface area contributed by atoms with Gasteiger partial charge in [0.05, 0.1) is 0 Å². The summed E-state index contributed by atoms with van der Waals surface area (Å²) in [5.41, 5.74) is 1.94. The van der Waals surface area contributed by atoms with Gasteiger partial charge < -0.3 is 10.6 Å². The van der Waals surface area contributed by atoms with Crippen molar-refractivity contribution in [1.82, 2.24) is 5.32 Å². The van der Waals surface area contributed by atoms with Gasteiger partial charge >= 0.3 is 0 Å². The quantitative estimate of drug-likeness (QED) is 0.803. The van der Waals surface area contributed by atoms with Gasteiger partial charge in [-0.1, -0.05) is 29.8 Å². The van der Waals surface area contributed by atoms with Crippen molar-refractivity contribution in [1.29, 1.82) is 0 Å². The number of nitrogens with one attached hydrogen (secondary N) is 2. The van der Waals surface area contributed by atoms with E-state index < -0.39 is 0 Å². The average Bonchev–Trinajstić information content (AvgIpc) is 2.54. The molecule has 0 spiro atoms. The molecule has 24 heavy (non-hydrogen) atoms. The summed E-state index contributed by atoms with van der Waals surface area (Å²) < 4.78 is 0. The molecule has 2 aromatic carbocycles. The van der Waals surface area contributed by atoms with Gasteiger partial charge in [-0.15, -0.1) is 0 Å². The maximum absolute atomic E-state index is 11.9. The zero-order chi connectivity index (χ0) is 17.5. The van der Waals surface area contributed by atoms with Crippen LogP contribution in [-0.2, 0) is 4.79 Å². The first kappa shape index (κ1) is 17.8. The molecule has 0 radical (unpaired) electrons. The summed E-state index contributed by atoms with van der Waals surface area (Å²) in [6.07, 6.45) is 3.07. The second-order valence-corrected chi connectivity index (χ2v) is 5.96. The van der Waals surface area contributed by atoms with E-state index in [9.17, 15) is 9.59 Å². The molecule has 0 unspecified atom stereocenters. The molecule has 0 saturated heterocycles. The fraction of sp³-hybridized carbons (Fsp3) is 0.158. The second-order valence-electron chi connectivity index (χ2n) is 5.55. The molecule has 0 aliphatic carbocycles. The van der Waals surface area contributed by atoms with Gasteiger partial charge in [0.1, 0.15) is 0 Å². The van der Waals surface area contributed by atoms with Crippen molar-refractivity contribution in [2.24, 2.45) is 0 Å². The molecule has 2 aromatic rings. The molecule has 2 rings (SSSR count). The third-order valence-electron chi connectivity index (χ3n) is 3.15. The minimum atomic E-state index is -0.269. The van der Waals surface area contributed by atoms with Gasteiger partial charge in [-0.25, -0.2) is 0 Å². The maximum atomic E-state index is 11.9. The van der Waals surface area contributed by atoms with Crippen molar-refractivity contribution in [3.8, 4) is 0 Å². The maximum Gasteiger partial charge on any atom is 0.251 e. The van der Waals surface area contributed by atoms with E-state index in [0.717, 1.165) is 5.56 Å². The van der Waals surface area contributed by atoms with E-state index in [4.69, 9.17) is 11.6 Å². The van der Waals surface area contributed by atoms with Crippen LogP contribution in [-0.4, -0.2) is 17.9 Å². The minimum absolute atomic E-state index is 0.0758. The number of carbonyl (C=O) groups is 2. The predicted octanol–water partition coefficient (Wildman–Crippen LogP) is 4.13. The number of benzene rings is 2. The molecule has 0 heterocycles. The van der Waals surface area contributed by atoms with Crippen molar-refractivity contribution >= 4 is 35.2 Å². The van der Waals surface area contributed by atoms with Gasteiger partial charge in [0.2, 0.25) is 5.91 Å². The van der Waals surface area contributed by atoms with Gasteiger partial charge in [0.15, 0.2) is 0 Å². The third kappa shape index (κ3) is 5.25. The Hall–Kier alpha value is -2.59. The van der Waals surface area contributed by atoms with Gasteiger partial charge in [-0.05, 0) is 55.8 Å². The Morgan fingerprint density at radius 3 is 2.33 bits per heavy atom. The number of amides is 2. The van der Waals surface area contributed by atoms with Crippen LogP contribution in [0.15, 0.2) is 54.6 Å². The molecule has 0 aromatic heterocycles. The molecule has 2 amide bonds. The normalized spacial score (nSPS) is 10.8. The Bertz CT molecular complexity index is 752. The van der Waals surface area contributed by atoms with Crippen LogP contribution in [0.2, 0.25) is 5.02 Å². The first-order valence-electron chi connectivity index (χ1n) is 7.60. The number of halogens is 1. The van der Waals surface area contributed by atoms with E-state index in [-0.39, 0.29) is 17.9 Å². The Labute approximate surface area is 146 Å². The highest BCUT2D eigenvalue weighted by atomic mass is 35.5. The Kier molecular flexibility index (Phi) is 6.15. The lowest BCUT2D eigenvalue weighted by atomic mass is 10.2. The molecule has 0 fully saturated rings. The van der Waals surface area contributed by atoms with Crippen LogP contribution in [0.3, 0.4) is 0 Å². The van der Waals surface area contributed by atoms with Crippen LogP contribution in [0.4, 0.5) is 5.69 Å². The van der Waals surface area contributed by atoms with Crippen molar-refractivity contribution in [3.05, 3.63) is 70.8 Å². The topological polar surface area (TPSA) is 58.2 Å². The first-order valence-corrected chi connectivity index (χ1v) is 7.98. The van der Waals surface area contributed by atoms with E-state index in [1.54, 1.807) is 36.4 Å². The van der Waals surface area contributed by atoms with Crippen LogP contribution in [0.5, 0.6) is 0 Å². The van der Waals surface area contributed by atoms with Crippen molar-refractivity contribution in [3.63, 3.8) is 0 Å². The molecular weight excluding hydrogens is 324 g/mol. The number of carbonyl (C=O) groups excluding carboxylic acids is 2. The summed E-state index contributed by atoms with van der Waals surface area (Å²) >= 11 is 6.03. The lowest BCUT2D eigenvalue weighted by Crippen LogP contribution is -2.29. The molecule has 124 valence electrons. The minimum Gasteiger partial charge on any atom is -0.350 e. The highest BCUT2D eigenvalue weighted by Gasteiger charge is 2.07. The van der Waals surface area contributed by atoms with Gasteiger partial charge in [-0.3, -0.25) is 9.59 Å². The molecule has 0 atom stereocenters. The zero-order valence-electron chi connectivity index (χ0n) is 13.5. The summed E-state index contributed by atoms with van der Waals surface area (Å²) in [7, 11) is 0.